The predicted molar refractivity (Wildman–Crippen MR) is 89.9 cm³/mol. The highest BCUT2D eigenvalue weighted by Gasteiger charge is 2.45. The van der Waals surface area contributed by atoms with Crippen molar-refractivity contribution in [2.75, 3.05) is 26.8 Å². The number of hydrogen-bond donors (Lipinski definition) is 1. The van der Waals surface area contributed by atoms with Gasteiger partial charge in [-0.15, -0.1) is 0 Å². The molecule has 1 saturated carbocycles. The van der Waals surface area contributed by atoms with Crippen LogP contribution in [0.1, 0.15) is 43.4 Å². The molecule has 0 aliphatic heterocycles. The number of methoxy groups -OCH3 is 1. The minimum atomic E-state index is 0.334. The van der Waals surface area contributed by atoms with Crippen molar-refractivity contribution in [3.8, 4) is 0 Å². The fraction of sp³-hybridized carbons (Fsp3) is 0.684. The van der Waals surface area contributed by atoms with Crippen LogP contribution in [0.2, 0.25) is 0 Å². The normalized spacial score (nSPS) is 25.1. The Morgan fingerprint density at radius 1 is 1.24 bits per heavy atom. The SMILES string of the molecule is COCCNCC1(c2ccc(C)c(C)c2)CC(C(C)C)C1. The topological polar surface area (TPSA) is 21.3 Å². The maximum atomic E-state index is 5.15. The quantitative estimate of drug-likeness (QED) is 0.770. The Labute approximate surface area is 130 Å². The zero-order valence-corrected chi connectivity index (χ0v) is 14.3. The average molecular weight is 289 g/mol. The molecule has 1 fully saturated rings. The Morgan fingerprint density at radius 2 is 1.95 bits per heavy atom. The third kappa shape index (κ3) is 3.67. The molecular weight excluding hydrogens is 258 g/mol. The summed E-state index contributed by atoms with van der Waals surface area (Å²) in [6.07, 6.45) is 2.63. The lowest BCUT2D eigenvalue weighted by atomic mass is 9.55. The van der Waals surface area contributed by atoms with E-state index in [0.29, 0.717) is 5.41 Å². The van der Waals surface area contributed by atoms with Crippen molar-refractivity contribution in [2.45, 2.75) is 46.0 Å². The molecule has 1 N–H and O–H groups in total. The minimum Gasteiger partial charge on any atom is -0.383 e. The third-order valence-corrected chi connectivity index (χ3v) is 5.31. The van der Waals surface area contributed by atoms with Crippen molar-refractivity contribution in [3.63, 3.8) is 0 Å². The van der Waals surface area contributed by atoms with Gasteiger partial charge in [0.05, 0.1) is 6.61 Å². The van der Waals surface area contributed by atoms with E-state index >= 15 is 0 Å². The van der Waals surface area contributed by atoms with Gasteiger partial charge in [0.2, 0.25) is 0 Å². The van der Waals surface area contributed by atoms with E-state index in [1.807, 2.05) is 0 Å². The van der Waals surface area contributed by atoms with Gasteiger partial charge in [0.1, 0.15) is 0 Å². The van der Waals surface area contributed by atoms with Gasteiger partial charge >= 0.3 is 0 Å². The Morgan fingerprint density at radius 3 is 2.52 bits per heavy atom. The van der Waals surface area contributed by atoms with Gasteiger partial charge in [-0.05, 0) is 55.2 Å². The summed E-state index contributed by atoms with van der Waals surface area (Å²) in [7, 11) is 1.76. The summed E-state index contributed by atoms with van der Waals surface area (Å²) in [6, 6.07) is 7.03. The fourth-order valence-corrected chi connectivity index (χ4v) is 3.47. The van der Waals surface area contributed by atoms with Gasteiger partial charge in [-0.1, -0.05) is 32.0 Å². The highest BCUT2D eigenvalue weighted by atomic mass is 16.5. The van der Waals surface area contributed by atoms with Crippen molar-refractivity contribution in [1.82, 2.24) is 5.32 Å². The summed E-state index contributed by atoms with van der Waals surface area (Å²) in [5, 5.41) is 3.60. The lowest BCUT2D eigenvalue weighted by molar-refractivity contribution is 0.0948. The molecule has 2 rings (SSSR count). The monoisotopic (exact) mass is 289 g/mol. The number of nitrogens with one attached hydrogen (secondary N) is 1. The van der Waals surface area contributed by atoms with Gasteiger partial charge in [0.25, 0.3) is 0 Å². The summed E-state index contributed by atoms with van der Waals surface area (Å²) < 4.78 is 5.15. The maximum Gasteiger partial charge on any atom is 0.0587 e. The zero-order chi connectivity index (χ0) is 15.5. The van der Waals surface area contributed by atoms with Crippen LogP contribution in [-0.4, -0.2) is 26.8 Å². The molecule has 1 aromatic carbocycles. The van der Waals surface area contributed by atoms with Crippen LogP contribution in [0.3, 0.4) is 0 Å². The van der Waals surface area contributed by atoms with Gasteiger partial charge in [-0.2, -0.15) is 0 Å². The number of hydrogen-bond acceptors (Lipinski definition) is 2. The number of benzene rings is 1. The van der Waals surface area contributed by atoms with Crippen LogP contribution in [0.5, 0.6) is 0 Å². The molecule has 0 aromatic heterocycles. The lowest BCUT2D eigenvalue weighted by Crippen LogP contribution is -2.50. The van der Waals surface area contributed by atoms with Crippen molar-refractivity contribution >= 4 is 0 Å². The van der Waals surface area contributed by atoms with Gasteiger partial charge in [0.15, 0.2) is 0 Å². The predicted octanol–water partition coefficient (Wildman–Crippen LogP) is 3.84. The largest absolute Gasteiger partial charge is 0.383 e. The van der Waals surface area contributed by atoms with Crippen LogP contribution >= 0.6 is 0 Å². The number of aryl methyl sites for hydroxylation is 2. The van der Waals surface area contributed by atoms with Gasteiger partial charge in [0, 0.05) is 25.6 Å². The molecule has 0 radical (unpaired) electrons. The Bertz CT molecular complexity index is 461. The molecule has 118 valence electrons. The highest BCUT2D eigenvalue weighted by Crippen LogP contribution is 2.50. The molecule has 0 unspecified atom stereocenters. The van der Waals surface area contributed by atoms with Crippen molar-refractivity contribution in [2.24, 2.45) is 11.8 Å². The first-order valence-electron chi connectivity index (χ1n) is 8.26. The van der Waals surface area contributed by atoms with E-state index in [4.69, 9.17) is 4.74 Å². The molecule has 0 bridgehead atoms. The molecule has 0 atom stereocenters. The minimum absolute atomic E-state index is 0.334. The smallest absolute Gasteiger partial charge is 0.0587 e. The second kappa shape index (κ2) is 6.93. The summed E-state index contributed by atoms with van der Waals surface area (Å²) in [6.45, 7) is 11.9. The first-order chi connectivity index (χ1) is 9.98. The Kier molecular flexibility index (Phi) is 5.45. The molecule has 2 nitrogen and oxygen atoms in total. The van der Waals surface area contributed by atoms with E-state index in [2.05, 4.69) is 51.2 Å². The molecule has 2 heteroatoms. The first-order valence-corrected chi connectivity index (χ1v) is 8.26. The highest BCUT2D eigenvalue weighted by molar-refractivity contribution is 5.37. The van der Waals surface area contributed by atoms with Crippen LogP contribution < -0.4 is 5.32 Å². The van der Waals surface area contributed by atoms with E-state index < -0.39 is 0 Å². The molecule has 0 saturated heterocycles. The second-order valence-electron chi connectivity index (χ2n) is 7.16. The van der Waals surface area contributed by atoms with Gasteiger partial charge in [-0.25, -0.2) is 0 Å². The third-order valence-electron chi connectivity index (χ3n) is 5.31. The van der Waals surface area contributed by atoms with Gasteiger partial charge in [-0.3, -0.25) is 0 Å². The summed E-state index contributed by atoms with van der Waals surface area (Å²) in [4.78, 5) is 0. The molecule has 0 amide bonds. The maximum absolute atomic E-state index is 5.15. The molecule has 0 heterocycles. The van der Waals surface area contributed by atoms with Gasteiger partial charge < -0.3 is 10.1 Å². The van der Waals surface area contributed by atoms with E-state index in [1.54, 1.807) is 7.11 Å². The van der Waals surface area contributed by atoms with E-state index in [0.717, 1.165) is 31.5 Å². The number of rotatable bonds is 7. The van der Waals surface area contributed by atoms with Crippen LogP contribution in [0.15, 0.2) is 18.2 Å². The molecule has 1 aliphatic carbocycles. The first kappa shape index (κ1) is 16.5. The van der Waals surface area contributed by atoms with Crippen LogP contribution in [-0.2, 0) is 10.2 Å². The molecule has 0 spiro atoms. The molecular formula is C19H31NO. The lowest BCUT2D eigenvalue weighted by Gasteiger charge is -2.50. The van der Waals surface area contributed by atoms with E-state index in [1.165, 1.54) is 29.5 Å². The summed E-state index contributed by atoms with van der Waals surface area (Å²) in [5.41, 5.74) is 4.66. The summed E-state index contributed by atoms with van der Waals surface area (Å²) >= 11 is 0. The van der Waals surface area contributed by atoms with E-state index in [-0.39, 0.29) is 0 Å². The van der Waals surface area contributed by atoms with Crippen molar-refractivity contribution < 1.29 is 4.74 Å². The van der Waals surface area contributed by atoms with Crippen LogP contribution in [0, 0.1) is 25.7 Å². The Hall–Kier alpha value is -0.860. The van der Waals surface area contributed by atoms with E-state index in [9.17, 15) is 0 Å². The summed E-state index contributed by atoms with van der Waals surface area (Å²) in [5.74, 6) is 1.67. The standard InChI is InChI=1S/C19H31NO/c1-14(2)17-11-19(12-17,13-20-8-9-21-5)18-7-6-15(3)16(4)10-18/h6-7,10,14,17,20H,8-9,11-13H2,1-5H3. The Balaban J connectivity index is 2.11. The average Bonchev–Trinajstić information content (AvgIpc) is 2.40. The van der Waals surface area contributed by atoms with Crippen LogP contribution in [0.25, 0.3) is 0 Å². The second-order valence-corrected chi connectivity index (χ2v) is 7.16. The van der Waals surface area contributed by atoms with Crippen LogP contribution in [0.4, 0.5) is 0 Å². The van der Waals surface area contributed by atoms with Crippen molar-refractivity contribution in [1.29, 1.82) is 0 Å². The van der Waals surface area contributed by atoms with Crippen molar-refractivity contribution in [3.05, 3.63) is 34.9 Å². The molecule has 21 heavy (non-hydrogen) atoms. The zero-order valence-electron chi connectivity index (χ0n) is 14.3. The number of ether oxygens (including phenoxy) is 1. The fourth-order valence-electron chi connectivity index (χ4n) is 3.47. The molecule has 1 aromatic rings. The molecule has 1 aliphatic rings.